The standard InChI is InChI=1S/C25H32N6O/c1-16-14-26-17(2)28-23(16)20-15-27-24-19(20)6-4-7-21(24)29-25(32)22-8-5-11-31(22)18-9-12-30(3)13-10-18/h4,6-7,14-15,18,22,27H,5,8-13H2,1-3H3,(H,29,32). The smallest absolute Gasteiger partial charge is 0.241 e. The highest BCUT2D eigenvalue weighted by molar-refractivity contribution is 6.06. The first kappa shape index (κ1) is 21.1. The Bertz CT molecular complexity index is 1130. The Hall–Kier alpha value is -2.77. The minimum absolute atomic E-state index is 0.0418. The van der Waals surface area contributed by atoms with Gasteiger partial charge in [-0.05, 0) is 77.8 Å². The summed E-state index contributed by atoms with van der Waals surface area (Å²) >= 11 is 0. The van der Waals surface area contributed by atoms with Gasteiger partial charge in [-0.25, -0.2) is 9.97 Å². The van der Waals surface area contributed by atoms with Crippen LogP contribution in [0.25, 0.3) is 22.2 Å². The van der Waals surface area contributed by atoms with E-state index in [0.29, 0.717) is 6.04 Å². The predicted octanol–water partition coefficient (Wildman–Crippen LogP) is 3.74. The molecule has 0 saturated carbocycles. The average Bonchev–Trinajstić information content (AvgIpc) is 3.44. The molecular formula is C25H32N6O. The Morgan fingerprint density at radius 1 is 1.16 bits per heavy atom. The Balaban J connectivity index is 1.39. The Kier molecular flexibility index (Phi) is 5.69. The first-order valence-electron chi connectivity index (χ1n) is 11.7. The van der Waals surface area contributed by atoms with Gasteiger partial charge in [-0.1, -0.05) is 12.1 Å². The van der Waals surface area contributed by atoms with Gasteiger partial charge in [0.1, 0.15) is 5.82 Å². The van der Waals surface area contributed by atoms with Crippen molar-refractivity contribution < 1.29 is 4.79 Å². The molecule has 2 saturated heterocycles. The highest BCUT2D eigenvalue weighted by Gasteiger charge is 2.36. The molecule has 1 amide bonds. The molecule has 0 radical (unpaired) electrons. The van der Waals surface area contributed by atoms with Gasteiger partial charge in [-0.2, -0.15) is 0 Å². The maximum absolute atomic E-state index is 13.4. The number of nitrogens with zero attached hydrogens (tertiary/aromatic N) is 4. The number of aromatic amines is 1. The lowest BCUT2D eigenvalue weighted by Gasteiger charge is -2.37. The maximum Gasteiger partial charge on any atom is 0.241 e. The van der Waals surface area contributed by atoms with E-state index < -0.39 is 0 Å². The molecule has 1 aromatic carbocycles. The first-order chi connectivity index (χ1) is 15.5. The van der Waals surface area contributed by atoms with Gasteiger partial charge in [-0.3, -0.25) is 9.69 Å². The van der Waals surface area contributed by atoms with Crippen LogP contribution in [-0.4, -0.2) is 69.4 Å². The van der Waals surface area contributed by atoms with E-state index in [0.717, 1.165) is 84.6 Å². The van der Waals surface area contributed by atoms with Gasteiger partial charge in [0, 0.05) is 29.4 Å². The van der Waals surface area contributed by atoms with Crippen LogP contribution in [0.4, 0.5) is 5.69 Å². The Labute approximate surface area is 189 Å². The number of para-hydroxylation sites is 1. The van der Waals surface area contributed by atoms with Crippen LogP contribution in [0, 0.1) is 13.8 Å². The van der Waals surface area contributed by atoms with Gasteiger partial charge in [0.15, 0.2) is 0 Å². The molecule has 1 atom stereocenters. The molecule has 0 aliphatic carbocycles. The predicted molar refractivity (Wildman–Crippen MR) is 128 cm³/mol. The van der Waals surface area contributed by atoms with Crippen LogP contribution in [0.1, 0.15) is 37.1 Å². The van der Waals surface area contributed by atoms with Crippen LogP contribution in [0.15, 0.2) is 30.6 Å². The van der Waals surface area contributed by atoms with E-state index in [2.05, 4.69) is 43.2 Å². The number of carbonyl (C=O) groups excluding carboxylic acids is 1. The first-order valence-corrected chi connectivity index (χ1v) is 11.7. The van der Waals surface area contributed by atoms with Gasteiger partial charge < -0.3 is 15.2 Å². The summed E-state index contributed by atoms with van der Waals surface area (Å²) < 4.78 is 0. The summed E-state index contributed by atoms with van der Waals surface area (Å²) in [5.41, 5.74) is 4.77. The number of aryl methyl sites for hydroxylation is 2. The number of aromatic nitrogens is 3. The zero-order valence-corrected chi connectivity index (χ0v) is 19.2. The van der Waals surface area contributed by atoms with Crippen molar-refractivity contribution in [1.29, 1.82) is 0 Å². The number of amides is 1. The third-order valence-corrected chi connectivity index (χ3v) is 7.07. The van der Waals surface area contributed by atoms with Crippen LogP contribution in [-0.2, 0) is 4.79 Å². The van der Waals surface area contributed by atoms with Gasteiger partial charge in [-0.15, -0.1) is 0 Å². The third-order valence-electron chi connectivity index (χ3n) is 7.07. The van der Waals surface area contributed by atoms with Crippen LogP contribution >= 0.6 is 0 Å². The van der Waals surface area contributed by atoms with Gasteiger partial charge >= 0.3 is 0 Å². The number of piperidine rings is 1. The third kappa shape index (κ3) is 3.91. The number of rotatable bonds is 4. The number of fused-ring (bicyclic) bond motifs is 1. The average molecular weight is 433 g/mol. The van der Waals surface area contributed by atoms with Crippen molar-refractivity contribution in [2.75, 3.05) is 32.0 Å². The van der Waals surface area contributed by atoms with E-state index in [-0.39, 0.29) is 11.9 Å². The minimum atomic E-state index is -0.0418. The summed E-state index contributed by atoms with van der Waals surface area (Å²) in [5, 5.41) is 4.30. The number of nitrogens with one attached hydrogen (secondary N) is 2. The Morgan fingerprint density at radius 2 is 1.97 bits per heavy atom. The largest absolute Gasteiger partial charge is 0.359 e. The van der Waals surface area contributed by atoms with Crippen LogP contribution in [0.2, 0.25) is 0 Å². The summed E-state index contributed by atoms with van der Waals surface area (Å²) in [4.78, 5) is 30.5. The lowest BCUT2D eigenvalue weighted by atomic mass is 10.0. The molecule has 0 spiro atoms. The van der Waals surface area contributed by atoms with Gasteiger partial charge in [0.25, 0.3) is 0 Å². The minimum Gasteiger partial charge on any atom is -0.359 e. The highest BCUT2D eigenvalue weighted by Crippen LogP contribution is 2.33. The fourth-order valence-corrected chi connectivity index (χ4v) is 5.31. The number of benzene rings is 1. The van der Waals surface area contributed by atoms with Crippen molar-refractivity contribution in [3.05, 3.63) is 42.0 Å². The van der Waals surface area contributed by atoms with E-state index in [9.17, 15) is 4.79 Å². The van der Waals surface area contributed by atoms with Crippen molar-refractivity contribution in [2.45, 2.75) is 51.6 Å². The van der Waals surface area contributed by atoms with Crippen molar-refractivity contribution in [3.8, 4) is 11.3 Å². The number of carbonyl (C=O) groups is 1. The second kappa shape index (κ2) is 8.64. The van der Waals surface area contributed by atoms with Crippen LogP contribution in [0.3, 0.4) is 0 Å². The molecule has 2 N–H and O–H groups in total. The van der Waals surface area contributed by atoms with Crippen molar-refractivity contribution in [2.24, 2.45) is 0 Å². The quantitative estimate of drug-likeness (QED) is 0.657. The molecule has 0 bridgehead atoms. The number of hydrogen-bond acceptors (Lipinski definition) is 5. The van der Waals surface area contributed by atoms with Crippen molar-refractivity contribution >= 4 is 22.5 Å². The molecular weight excluding hydrogens is 400 g/mol. The molecule has 2 aliphatic rings. The fraction of sp³-hybridized carbons (Fsp3) is 0.480. The molecule has 2 fully saturated rings. The fourth-order valence-electron chi connectivity index (χ4n) is 5.31. The van der Waals surface area contributed by atoms with E-state index in [4.69, 9.17) is 0 Å². The van der Waals surface area contributed by atoms with E-state index in [1.165, 1.54) is 0 Å². The monoisotopic (exact) mass is 432 g/mol. The zero-order valence-electron chi connectivity index (χ0n) is 19.2. The zero-order chi connectivity index (χ0) is 22.2. The van der Waals surface area contributed by atoms with Crippen molar-refractivity contribution in [1.82, 2.24) is 24.8 Å². The van der Waals surface area contributed by atoms with E-state index >= 15 is 0 Å². The summed E-state index contributed by atoms with van der Waals surface area (Å²) in [7, 11) is 2.18. The summed E-state index contributed by atoms with van der Waals surface area (Å²) in [6, 6.07) is 6.53. The van der Waals surface area contributed by atoms with Crippen molar-refractivity contribution in [3.63, 3.8) is 0 Å². The molecule has 2 aromatic heterocycles. The second-order valence-corrected chi connectivity index (χ2v) is 9.30. The number of likely N-dealkylation sites (tertiary alicyclic amines) is 2. The summed E-state index contributed by atoms with van der Waals surface area (Å²) in [6.07, 6.45) is 8.16. The highest BCUT2D eigenvalue weighted by atomic mass is 16.2. The normalized spacial score (nSPS) is 20.8. The summed E-state index contributed by atoms with van der Waals surface area (Å²) in [5.74, 6) is 0.860. The topological polar surface area (TPSA) is 77.2 Å². The number of hydrogen-bond donors (Lipinski definition) is 2. The van der Waals surface area contributed by atoms with Crippen LogP contribution < -0.4 is 5.32 Å². The number of anilines is 1. The Morgan fingerprint density at radius 3 is 2.78 bits per heavy atom. The lowest BCUT2D eigenvalue weighted by Crippen LogP contribution is -2.49. The van der Waals surface area contributed by atoms with Gasteiger partial charge in [0.05, 0.1) is 22.9 Å². The van der Waals surface area contributed by atoms with E-state index in [1.54, 1.807) is 0 Å². The molecule has 32 heavy (non-hydrogen) atoms. The molecule has 7 nitrogen and oxygen atoms in total. The SMILES string of the molecule is Cc1ncc(C)c(-c2c[nH]c3c(NC(=O)C4CCCN4C4CCN(C)CC4)cccc23)n1. The molecule has 1 unspecified atom stereocenters. The molecule has 3 aromatic rings. The van der Waals surface area contributed by atoms with Gasteiger partial charge in [0.2, 0.25) is 5.91 Å². The number of H-pyrrole nitrogens is 1. The molecule has 5 rings (SSSR count). The molecule has 168 valence electrons. The lowest BCUT2D eigenvalue weighted by molar-refractivity contribution is -0.121. The van der Waals surface area contributed by atoms with E-state index in [1.807, 2.05) is 38.4 Å². The molecule has 2 aliphatic heterocycles. The molecule has 4 heterocycles. The second-order valence-electron chi connectivity index (χ2n) is 9.30. The molecule has 7 heteroatoms. The summed E-state index contributed by atoms with van der Waals surface area (Å²) in [6.45, 7) is 7.18. The maximum atomic E-state index is 13.4. The van der Waals surface area contributed by atoms with Crippen LogP contribution in [0.5, 0.6) is 0 Å².